The van der Waals surface area contributed by atoms with E-state index < -0.39 is 6.10 Å². The highest BCUT2D eigenvalue weighted by atomic mass is 32.1. The third-order valence-electron chi connectivity index (χ3n) is 5.11. The van der Waals surface area contributed by atoms with Crippen LogP contribution in [-0.4, -0.2) is 60.7 Å². The third-order valence-corrected chi connectivity index (χ3v) is 6.11. The van der Waals surface area contributed by atoms with Crippen LogP contribution >= 0.6 is 11.3 Å². The summed E-state index contributed by atoms with van der Waals surface area (Å²) in [6, 6.07) is 10.2. The summed E-state index contributed by atoms with van der Waals surface area (Å²) >= 11 is 1.81. The van der Waals surface area contributed by atoms with E-state index in [9.17, 15) is 10.2 Å². The number of β-amino-alcohol motifs (C(OH)–C–C–N with tert-alkyl or cyclic N) is 1. The number of nitrogens with one attached hydrogen (secondary N) is 1. The number of piperidine rings is 1. The number of aryl methyl sites for hydroxylation is 1. The second kappa shape index (κ2) is 10.9. The van der Waals surface area contributed by atoms with Crippen molar-refractivity contribution in [1.82, 2.24) is 10.2 Å². The fourth-order valence-corrected chi connectivity index (χ4v) is 4.35. The molecule has 0 saturated carbocycles. The van der Waals surface area contributed by atoms with Crippen molar-refractivity contribution < 1.29 is 19.7 Å². The van der Waals surface area contributed by atoms with Gasteiger partial charge < -0.3 is 29.9 Å². The first-order valence-corrected chi connectivity index (χ1v) is 11.0. The minimum absolute atomic E-state index is 0.202. The van der Waals surface area contributed by atoms with Crippen LogP contribution in [0.2, 0.25) is 0 Å². The van der Waals surface area contributed by atoms with Crippen LogP contribution in [0.5, 0.6) is 11.5 Å². The molecule has 2 aromatic rings. The molecule has 0 radical (unpaired) electrons. The number of methoxy groups -OCH3 is 1. The summed E-state index contributed by atoms with van der Waals surface area (Å²) in [5, 5.41) is 23.3. The predicted octanol–water partition coefficient (Wildman–Crippen LogP) is 2.55. The number of likely N-dealkylation sites (tertiary alicyclic amines) is 1. The number of rotatable bonds is 10. The molecule has 0 spiro atoms. The average molecular weight is 421 g/mol. The van der Waals surface area contributed by atoms with E-state index in [0.717, 1.165) is 44.6 Å². The smallest absolute Gasteiger partial charge is 0.161 e. The monoisotopic (exact) mass is 420 g/mol. The van der Waals surface area contributed by atoms with Crippen LogP contribution in [-0.2, 0) is 13.1 Å². The van der Waals surface area contributed by atoms with Gasteiger partial charge in [-0.3, -0.25) is 0 Å². The molecule has 1 atom stereocenters. The van der Waals surface area contributed by atoms with Gasteiger partial charge in [0, 0.05) is 42.5 Å². The molecule has 1 aromatic heterocycles. The first-order chi connectivity index (χ1) is 14.0. The molecule has 1 saturated heterocycles. The summed E-state index contributed by atoms with van der Waals surface area (Å²) in [4.78, 5) is 4.82. The maximum Gasteiger partial charge on any atom is 0.161 e. The fraction of sp³-hybridized carbons (Fsp3) is 0.545. The Morgan fingerprint density at radius 2 is 1.97 bits per heavy atom. The van der Waals surface area contributed by atoms with Gasteiger partial charge in [0.05, 0.1) is 13.2 Å². The van der Waals surface area contributed by atoms with E-state index >= 15 is 0 Å². The summed E-state index contributed by atoms with van der Waals surface area (Å²) in [5.74, 6) is 1.31. The minimum Gasteiger partial charge on any atom is -0.493 e. The second-order valence-corrected chi connectivity index (χ2v) is 8.97. The molecule has 6 nitrogen and oxygen atoms in total. The topological polar surface area (TPSA) is 74.2 Å². The summed E-state index contributed by atoms with van der Waals surface area (Å²) in [6.45, 7) is 6.11. The Balaban J connectivity index is 1.45. The molecule has 0 amide bonds. The van der Waals surface area contributed by atoms with Crippen molar-refractivity contribution in [2.75, 3.05) is 33.4 Å². The zero-order chi connectivity index (χ0) is 20.6. The molecule has 1 aliphatic rings. The van der Waals surface area contributed by atoms with E-state index in [-0.39, 0.29) is 12.7 Å². The lowest BCUT2D eigenvalue weighted by Gasteiger charge is -2.30. The van der Waals surface area contributed by atoms with Crippen molar-refractivity contribution in [3.05, 3.63) is 45.6 Å². The lowest BCUT2D eigenvalue weighted by atomic mass is 10.1. The number of aliphatic hydroxyl groups excluding tert-OH is 2. The summed E-state index contributed by atoms with van der Waals surface area (Å²) in [6.07, 6.45) is 0.753. The molecule has 7 heteroatoms. The lowest BCUT2D eigenvalue weighted by Crippen LogP contribution is -2.41. The van der Waals surface area contributed by atoms with Gasteiger partial charge in [0.1, 0.15) is 12.7 Å². The molecule has 3 rings (SSSR count). The molecule has 1 aliphatic heterocycles. The maximum atomic E-state index is 10.3. The van der Waals surface area contributed by atoms with Gasteiger partial charge in [-0.1, -0.05) is 6.07 Å². The van der Waals surface area contributed by atoms with Crippen molar-refractivity contribution in [3.63, 3.8) is 0 Å². The molecule has 1 aromatic carbocycles. The van der Waals surface area contributed by atoms with Crippen LogP contribution in [0.4, 0.5) is 0 Å². The van der Waals surface area contributed by atoms with E-state index in [1.807, 2.05) is 29.5 Å². The Bertz CT molecular complexity index is 759. The Hall–Kier alpha value is -1.64. The molecule has 2 heterocycles. The van der Waals surface area contributed by atoms with Crippen LogP contribution in [0.1, 0.15) is 28.2 Å². The van der Waals surface area contributed by atoms with Crippen molar-refractivity contribution in [2.45, 2.75) is 45.1 Å². The fourth-order valence-electron chi connectivity index (χ4n) is 3.49. The molecule has 1 fully saturated rings. The quantitative estimate of drug-likeness (QED) is 0.549. The number of thiophene rings is 1. The molecule has 29 heavy (non-hydrogen) atoms. The van der Waals surface area contributed by atoms with Crippen LogP contribution in [0.3, 0.4) is 0 Å². The standard InChI is InChI=1S/C22H32N2O4S/c1-16-3-5-20(29-16)13-23-12-17-4-6-21(22(11-17)27-2)28-15-19(26)14-24-9-7-18(25)8-10-24/h3-6,11,18-19,23,25-26H,7-10,12-15H2,1-2H3. The van der Waals surface area contributed by atoms with E-state index in [0.29, 0.717) is 18.0 Å². The van der Waals surface area contributed by atoms with E-state index in [2.05, 4.69) is 29.3 Å². The van der Waals surface area contributed by atoms with Gasteiger partial charge in [-0.15, -0.1) is 11.3 Å². The van der Waals surface area contributed by atoms with Crippen molar-refractivity contribution in [2.24, 2.45) is 0 Å². The Labute approximate surface area is 177 Å². The van der Waals surface area contributed by atoms with Crippen LogP contribution in [0.15, 0.2) is 30.3 Å². The molecular weight excluding hydrogens is 388 g/mol. The molecule has 0 bridgehead atoms. The zero-order valence-corrected chi connectivity index (χ0v) is 18.1. The van der Waals surface area contributed by atoms with E-state index in [1.165, 1.54) is 9.75 Å². The first kappa shape index (κ1) is 22.1. The highest BCUT2D eigenvalue weighted by Crippen LogP contribution is 2.28. The average Bonchev–Trinajstić information content (AvgIpc) is 3.13. The van der Waals surface area contributed by atoms with Crippen molar-refractivity contribution in [3.8, 4) is 11.5 Å². The number of benzene rings is 1. The van der Waals surface area contributed by atoms with Crippen molar-refractivity contribution in [1.29, 1.82) is 0 Å². The number of nitrogens with zero attached hydrogens (tertiary/aromatic N) is 1. The summed E-state index contributed by atoms with van der Waals surface area (Å²) in [7, 11) is 1.63. The molecular formula is C22H32N2O4S. The first-order valence-electron chi connectivity index (χ1n) is 10.2. The lowest BCUT2D eigenvalue weighted by molar-refractivity contribution is 0.0333. The number of ether oxygens (including phenoxy) is 2. The van der Waals surface area contributed by atoms with Crippen molar-refractivity contribution >= 4 is 11.3 Å². The van der Waals surface area contributed by atoms with Gasteiger partial charge >= 0.3 is 0 Å². The predicted molar refractivity (Wildman–Crippen MR) is 116 cm³/mol. The second-order valence-electron chi connectivity index (χ2n) is 7.60. The van der Waals surface area contributed by atoms with Gasteiger partial charge in [0.15, 0.2) is 11.5 Å². The highest BCUT2D eigenvalue weighted by Gasteiger charge is 2.20. The molecule has 160 valence electrons. The Morgan fingerprint density at radius 3 is 2.66 bits per heavy atom. The third kappa shape index (κ3) is 6.97. The Kier molecular flexibility index (Phi) is 8.32. The van der Waals surface area contributed by atoms with Crippen LogP contribution < -0.4 is 14.8 Å². The van der Waals surface area contributed by atoms with E-state index in [4.69, 9.17) is 9.47 Å². The number of aliphatic hydroxyl groups is 2. The van der Waals surface area contributed by atoms with Crippen LogP contribution in [0, 0.1) is 6.92 Å². The summed E-state index contributed by atoms with van der Waals surface area (Å²) < 4.78 is 11.3. The highest BCUT2D eigenvalue weighted by molar-refractivity contribution is 7.11. The van der Waals surface area contributed by atoms with Gasteiger partial charge in [0.25, 0.3) is 0 Å². The number of hydrogen-bond acceptors (Lipinski definition) is 7. The van der Waals surface area contributed by atoms with Gasteiger partial charge in [-0.2, -0.15) is 0 Å². The normalized spacial score (nSPS) is 16.7. The van der Waals surface area contributed by atoms with Gasteiger partial charge in [0.2, 0.25) is 0 Å². The molecule has 1 unspecified atom stereocenters. The largest absolute Gasteiger partial charge is 0.493 e. The molecule has 0 aliphatic carbocycles. The zero-order valence-electron chi connectivity index (χ0n) is 17.3. The SMILES string of the molecule is COc1cc(CNCc2ccc(C)s2)ccc1OCC(O)CN1CCC(O)CC1. The van der Waals surface area contributed by atoms with Crippen LogP contribution in [0.25, 0.3) is 0 Å². The maximum absolute atomic E-state index is 10.3. The molecule has 3 N–H and O–H groups in total. The van der Waals surface area contributed by atoms with Gasteiger partial charge in [-0.05, 0) is 49.6 Å². The number of hydrogen-bond donors (Lipinski definition) is 3. The van der Waals surface area contributed by atoms with Gasteiger partial charge in [-0.25, -0.2) is 0 Å². The van der Waals surface area contributed by atoms with E-state index in [1.54, 1.807) is 7.11 Å². The minimum atomic E-state index is -0.578. The Morgan fingerprint density at radius 1 is 1.17 bits per heavy atom. The summed E-state index contributed by atoms with van der Waals surface area (Å²) in [5.41, 5.74) is 1.12.